The van der Waals surface area contributed by atoms with Gasteiger partial charge in [0.25, 0.3) is 0 Å². The van der Waals surface area contributed by atoms with Gasteiger partial charge in [-0.25, -0.2) is 0 Å². The van der Waals surface area contributed by atoms with Crippen LogP contribution in [0.1, 0.15) is 22.8 Å². The van der Waals surface area contributed by atoms with Crippen molar-refractivity contribution in [3.63, 3.8) is 0 Å². The molecule has 0 saturated heterocycles. The predicted molar refractivity (Wildman–Crippen MR) is 54.1 cm³/mol. The zero-order valence-electron chi connectivity index (χ0n) is 8.23. The number of nitriles is 1. The predicted octanol–water partition coefficient (Wildman–Crippen LogP) is 0.657. The van der Waals surface area contributed by atoms with Crippen LogP contribution in [0.4, 0.5) is 0 Å². The van der Waals surface area contributed by atoms with Crippen molar-refractivity contribution < 1.29 is 9.59 Å². The van der Waals surface area contributed by atoms with Crippen molar-refractivity contribution in [2.75, 3.05) is 0 Å². The highest BCUT2D eigenvalue weighted by atomic mass is 16.2. The van der Waals surface area contributed by atoms with Gasteiger partial charge in [-0.2, -0.15) is 5.26 Å². The Bertz CT molecular complexity index is 429. The minimum absolute atomic E-state index is 0.344. The highest BCUT2D eigenvalue weighted by molar-refractivity contribution is 6.13. The Balaban J connectivity index is 2.93. The Labute approximate surface area is 87.3 Å². The summed E-state index contributed by atoms with van der Waals surface area (Å²) in [7, 11) is 0. The molecule has 76 valence electrons. The van der Waals surface area contributed by atoms with Crippen LogP contribution < -0.4 is 5.73 Å². The van der Waals surface area contributed by atoms with Gasteiger partial charge in [-0.3, -0.25) is 9.59 Å². The summed E-state index contributed by atoms with van der Waals surface area (Å²) in [6, 6.07) is 6.83. The summed E-state index contributed by atoms with van der Waals surface area (Å²) in [4.78, 5) is 22.4. The molecule has 1 atom stereocenters. The molecule has 0 aliphatic heterocycles. The summed E-state index contributed by atoms with van der Waals surface area (Å²) in [5.41, 5.74) is 6.20. The molecule has 0 aliphatic rings. The average molecular weight is 202 g/mol. The lowest BCUT2D eigenvalue weighted by molar-refractivity contribution is -0.117. The summed E-state index contributed by atoms with van der Waals surface area (Å²) in [6.07, 6.45) is 0. The number of rotatable bonds is 3. The summed E-state index contributed by atoms with van der Waals surface area (Å²) in [6.45, 7) is 1.27. The van der Waals surface area contributed by atoms with Crippen molar-refractivity contribution in [3.8, 4) is 6.07 Å². The standard InChI is InChI=1S/C11H10N2O2/c1-7(14)10(13)11(15)9-4-2-8(6-12)3-5-9/h2-5,10H,13H2,1H3. The summed E-state index contributed by atoms with van der Waals surface area (Å²) < 4.78 is 0. The molecular formula is C11H10N2O2. The molecule has 0 fully saturated rings. The van der Waals surface area contributed by atoms with Gasteiger partial charge in [-0.1, -0.05) is 12.1 Å². The second kappa shape index (κ2) is 4.49. The number of hydrogen-bond acceptors (Lipinski definition) is 4. The van der Waals surface area contributed by atoms with E-state index >= 15 is 0 Å². The first-order chi connectivity index (χ1) is 7.06. The van der Waals surface area contributed by atoms with E-state index in [9.17, 15) is 9.59 Å². The Hall–Kier alpha value is -1.99. The zero-order chi connectivity index (χ0) is 11.4. The van der Waals surface area contributed by atoms with Gasteiger partial charge in [0.1, 0.15) is 6.04 Å². The monoisotopic (exact) mass is 202 g/mol. The summed E-state index contributed by atoms with van der Waals surface area (Å²) >= 11 is 0. The molecule has 1 aromatic carbocycles. The lowest BCUT2D eigenvalue weighted by Crippen LogP contribution is -2.37. The van der Waals surface area contributed by atoms with Crippen molar-refractivity contribution in [1.29, 1.82) is 5.26 Å². The average Bonchev–Trinajstić information content (AvgIpc) is 2.27. The smallest absolute Gasteiger partial charge is 0.187 e. The largest absolute Gasteiger partial charge is 0.315 e. The van der Waals surface area contributed by atoms with Gasteiger partial charge in [0.15, 0.2) is 11.6 Å². The van der Waals surface area contributed by atoms with E-state index in [1.807, 2.05) is 6.07 Å². The fourth-order valence-corrected chi connectivity index (χ4v) is 1.07. The summed E-state index contributed by atoms with van der Waals surface area (Å²) in [5, 5.41) is 8.55. The van der Waals surface area contributed by atoms with E-state index in [0.29, 0.717) is 11.1 Å². The number of hydrogen-bond donors (Lipinski definition) is 1. The molecule has 15 heavy (non-hydrogen) atoms. The Kier molecular flexibility index (Phi) is 3.32. The third kappa shape index (κ3) is 2.48. The number of carbonyl (C=O) groups excluding carboxylic acids is 2. The van der Waals surface area contributed by atoms with Crippen LogP contribution in [0.15, 0.2) is 24.3 Å². The highest BCUT2D eigenvalue weighted by Crippen LogP contribution is 2.06. The van der Waals surface area contributed by atoms with E-state index in [-0.39, 0.29) is 5.78 Å². The molecule has 1 unspecified atom stereocenters. The molecule has 4 heteroatoms. The first kappa shape index (κ1) is 11.1. The highest BCUT2D eigenvalue weighted by Gasteiger charge is 2.19. The fraction of sp³-hybridized carbons (Fsp3) is 0.182. The van der Waals surface area contributed by atoms with Crippen molar-refractivity contribution >= 4 is 11.6 Å². The molecule has 0 aliphatic carbocycles. The SMILES string of the molecule is CC(=O)C(N)C(=O)c1ccc(C#N)cc1. The van der Waals surface area contributed by atoms with Crippen molar-refractivity contribution in [2.24, 2.45) is 5.73 Å². The minimum Gasteiger partial charge on any atom is -0.315 e. The first-order valence-electron chi connectivity index (χ1n) is 4.36. The lowest BCUT2D eigenvalue weighted by Gasteiger charge is -2.06. The Morgan fingerprint density at radius 2 is 1.87 bits per heavy atom. The maximum Gasteiger partial charge on any atom is 0.187 e. The molecule has 0 aromatic heterocycles. The number of nitrogens with zero attached hydrogens (tertiary/aromatic N) is 1. The topological polar surface area (TPSA) is 84.0 Å². The molecule has 2 N–H and O–H groups in total. The lowest BCUT2D eigenvalue weighted by atomic mass is 10.0. The third-order valence-electron chi connectivity index (χ3n) is 2.02. The molecule has 0 bridgehead atoms. The molecular weight excluding hydrogens is 192 g/mol. The third-order valence-corrected chi connectivity index (χ3v) is 2.02. The van der Waals surface area contributed by atoms with E-state index in [0.717, 1.165) is 0 Å². The maximum absolute atomic E-state index is 11.6. The minimum atomic E-state index is -1.11. The van der Waals surface area contributed by atoms with E-state index < -0.39 is 11.8 Å². The van der Waals surface area contributed by atoms with Crippen LogP contribution in [0.2, 0.25) is 0 Å². The zero-order valence-corrected chi connectivity index (χ0v) is 8.23. The van der Waals surface area contributed by atoms with Gasteiger partial charge in [0, 0.05) is 5.56 Å². The van der Waals surface area contributed by atoms with Crippen LogP contribution in [0, 0.1) is 11.3 Å². The van der Waals surface area contributed by atoms with Crippen LogP contribution in [-0.2, 0) is 4.79 Å². The fourth-order valence-electron chi connectivity index (χ4n) is 1.07. The van der Waals surface area contributed by atoms with Gasteiger partial charge in [-0.15, -0.1) is 0 Å². The number of benzene rings is 1. The molecule has 0 heterocycles. The van der Waals surface area contributed by atoms with E-state index in [1.54, 1.807) is 0 Å². The van der Waals surface area contributed by atoms with Gasteiger partial charge >= 0.3 is 0 Å². The Morgan fingerprint density at radius 3 is 2.27 bits per heavy atom. The Morgan fingerprint density at radius 1 is 1.33 bits per heavy atom. The second-order valence-corrected chi connectivity index (χ2v) is 3.14. The molecule has 0 saturated carbocycles. The van der Waals surface area contributed by atoms with E-state index in [2.05, 4.69) is 0 Å². The van der Waals surface area contributed by atoms with Gasteiger partial charge in [-0.05, 0) is 19.1 Å². The van der Waals surface area contributed by atoms with Crippen molar-refractivity contribution in [2.45, 2.75) is 13.0 Å². The van der Waals surface area contributed by atoms with Crippen LogP contribution in [0.5, 0.6) is 0 Å². The number of ketones is 2. The molecule has 1 aromatic rings. The number of carbonyl (C=O) groups is 2. The molecule has 1 rings (SSSR count). The van der Waals surface area contributed by atoms with Gasteiger partial charge < -0.3 is 5.73 Å². The molecule has 0 amide bonds. The second-order valence-electron chi connectivity index (χ2n) is 3.14. The van der Waals surface area contributed by atoms with Crippen LogP contribution in [-0.4, -0.2) is 17.6 Å². The maximum atomic E-state index is 11.6. The van der Waals surface area contributed by atoms with Crippen molar-refractivity contribution in [1.82, 2.24) is 0 Å². The van der Waals surface area contributed by atoms with Crippen LogP contribution in [0.25, 0.3) is 0 Å². The van der Waals surface area contributed by atoms with Crippen LogP contribution >= 0.6 is 0 Å². The molecule has 0 radical (unpaired) electrons. The quantitative estimate of drug-likeness (QED) is 0.576. The number of nitrogens with two attached hydrogens (primary N) is 1. The first-order valence-corrected chi connectivity index (χ1v) is 4.36. The van der Waals surface area contributed by atoms with Gasteiger partial charge in [0.2, 0.25) is 0 Å². The van der Waals surface area contributed by atoms with Gasteiger partial charge in [0.05, 0.1) is 11.6 Å². The van der Waals surface area contributed by atoms with Crippen molar-refractivity contribution in [3.05, 3.63) is 35.4 Å². The number of Topliss-reactive ketones (excluding diaryl/α,β-unsaturated/α-hetero) is 2. The van der Waals surface area contributed by atoms with E-state index in [4.69, 9.17) is 11.0 Å². The summed E-state index contributed by atoms with van der Waals surface area (Å²) in [5.74, 6) is -0.795. The molecule has 0 spiro atoms. The van der Waals surface area contributed by atoms with Crippen LogP contribution in [0.3, 0.4) is 0 Å². The molecule has 4 nitrogen and oxygen atoms in total. The normalized spacial score (nSPS) is 11.5. The van der Waals surface area contributed by atoms with E-state index in [1.165, 1.54) is 31.2 Å².